The van der Waals surface area contributed by atoms with Crippen molar-refractivity contribution < 1.29 is 18.8 Å². The van der Waals surface area contributed by atoms with Crippen LogP contribution < -0.4 is 10.4 Å². The van der Waals surface area contributed by atoms with Crippen LogP contribution in [0.3, 0.4) is 0 Å². The van der Waals surface area contributed by atoms with Crippen molar-refractivity contribution >= 4 is 47.0 Å². The Kier molecular flexibility index (Phi) is 6.52. The van der Waals surface area contributed by atoms with Gasteiger partial charge in [-0.2, -0.15) is 0 Å². The lowest BCUT2D eigenvalue weighted by molar-refractivity contribution is 0.00578. The van der Waals surface area contributed by atoms with Gasteiger partial charge in [0.25, 0.3) is 0 Å². The van der Waals surface area contributed by atoms with Crippen molar-refractivity contribution in [1.29, 1.82) is 0 Å². The Morgan fingerprint density at radius 2 is 1.66 bits per heavy atom. The molecule has 0 saturated carbocycles. The maximum atomic E-state index is 12.7. The predicted octanol–water partition coefficient (Wildman–Crippen LogP) is 4.42. The molecule has 190 valence electrons. The minimum Gasteiger partial charge on any atom is -0.444 e. The van der Waals surface area contributed by atoms with E-state index in [1.807, 2.05) is 60.6 Å². The number of amides is 1. The van der Waals surface area contributed by atoms with E-state index < -0.39 is 23.9 Å². The fraction of sp³-hybridized carbons (Fsp3) is 0.640. The van der Waals surface area contributed by atoms with Gasteiger partial charge in [-0.15, -0.1) is 0 Å². The van der Waals surface area contributed by atoms with Crippen LogP contribution in [0.15, 0.2) is 18.5 Å². The summed E-state index contributed by atoms with van der Waals surface area (Å²) >= 11 is 6.78. The van der Waals surface area contributed by atoms with Crippen molar-refractivity contribution in [3.63, 3.8) is 0 Å². The van der Waals surface area contributed by atoms with Gasteiger partial charge in [-0.3, -0.25) is 0 Å². The molecule has 0 bridgehead atoms. The van der Waals surface area contributed by atoms with E-state index in [2.05, 4.69) is 28.7 Å². The summed E-state index contributed by atoms with van der Waals surface area (Å²) in [5.41, 5.74) is 0.0444. The zero-order valence-corrected chi connectivity index (χ0v) is 22.9. The van der Waals surface area contributed by atoms with Crippen LogP contribution in [0.5, 0.6) is 0 Å². The van der Waals surface area contributed by atoms with Gasteiger partial charge in [0.05, 0.1) is 16.7 Å². The number of piperazine rings is 1. The van der Waals surface area contributed by atoms with Crippen LogP contribution >= 0.6 is 11.6 Å². The fourth-order valence-electron chi connectivity index (χ4n) is 4.65. The third kappa shape index (κ3) is 4.95. The van der Waals surface area contributed by atoms with E-state index in [4.69, 9.17) is 25.6 Å². The summed E-state index contributed by atoms with van der Waals surface area (Å²) in [6.45, 7) is 18.9. The zero-order chi connectivity index (χ0) is 25.9. The molecule has 2 atom stereocenters. The first kappa shape index (κ1) is 26.0. The second kappa shape index (κ2) is 8.78. The van der Waals surface area contributed by atoms with Crippen molar-refractivity contribution in [2.24, 2.45) is 0 Å². The summed E-state index contributed by atoms with van der Waals surface area (Å²) in [7, 11) is -0.578. The molecule has 0 radical (unpaired) electrons. The van der Waals surface area contributed by atoms with Gasteiger partial charge in [-0.25, -0.2) is 14.8 Å². The summed E-state index contributed by atoms with van der Waals surface area (Å²) in [6.07, 6.45) is 1.28. The van der Waals surface area contributed by atoms with Gasteiger partial charge < -0.3 is 23.8 Å². The molecule has 0 aliphatic carbocycles. The summed E-state index contributed by atoms with van der Waals surface area (Å²) in [5, 5.41) is 1.39. The molecule has 2 saturated heterocycles. The summed E-state index contributed by atoms with van der Waals surface area (Å²) in [6, 6.07) is 3.86. The number of anilines is 1. The molecule has 35 heavy (non-hydrogen) atoms. The second-order valence-corrected chi connectivity index (χ2v) is 12.1. The number of hydrogen-bond acceptors (Lipinski definition) is 7. The summed E-state index contributed by atoms with van der Waals surface area (Å²) < 4.78 is 18.0. The van der Waals surface area contributed by atoms with Crippen LogP contribution in [0.4, 0.5) is 10.6 Å². The third-order valence-electron chi connectivity index (χ3n) is 7.06. The third-order valence-corrected chi connectivity index (χ3v) is 7.38. The Balaban J connectivity index is 1.64. The normalized spacial score (nSPS) is 24.2. The molecule has 2 aromatic rings. The van der Waals surface area contributed by atoms with Crippen molar-refractivity contribution in [3.8, 4) is 0 Å². The highest BCUT2D eigenvalue weighted by molar-refractivity contribution is 6.66. The topological polar surface area (TPSA) is 77.0 Å². The Hall–Kier alpha value is -2.10. The first-order chi connectivity index (χ1) is 16.1. The average Bonchev–Trinajstić information content (AvgIpc) is 2.93. The second-order valence-electron chi connectivity index (χ2n) is 11.7. The molecule has 4 rings (SSSR count). The van der Waals surface area contributed by atoms with Crippen LogP contribution in [0.25, 0.3) is 10.9 Å². The van der Waals surface area contributed by atoms with Crippen molar-refractivity contribution in [2.45, 2.75) is 91.2 Å². The van der Waals surface area contributed by atoms with Crippen molar-refractivity contribution in [2.75, 3.05) is 18.0 Å². The number of carbonyl (C=O) groups is 1. The molecule has 10 heteroatoms. The maximum Gasteiger partial charge on any atom is 0.496 e. The molecule has 0 spiro atoms. The van der Waals surface area contributed by atoms with Crippen LogP contribution in [0.2, 0.25) is 5.02 Å². The highest BCUT2D eigenvalue weighted by Gasteiger charge is 2.52. The van der Waals surface area contributed by atoms with E-state index in [9.17, 15) is 4.79 Å². The van der Waals surface area contributed by atoms with Gasteiger partial charge in [-0.05, 0) is 74.4 Å². The smallest absolute Gasteiger partial charge is 0.444 e. The number of halogens is 1. The van der Waals surface area contributed by atoms with E-state index in [1.165, 1.54) is 0 Å². The molecule has 2 fully saturated rings. The first-order valence-corrected chi connectivity index (χ1v) is 12.5. The lowest BCUT2D eigenvalue weighted by Crippen LogP contribution is -2.59. The quantitative estimate of drug-likeness (QED) is 0.563. The number of aromatic nitrogens is 2. The number of carbonyl (C=O) groups excluding carboxylic acids is 1. The average molecular weight is 503 g/mol. The number of nitrogens with zero attached hydrogens (tertiary/aromatic N) is 4. The van der Waals surface area contributed by atoms with Gasteiger partial charge in [0, 0.05) is 41.0 Å². The predicted molar refractivity (Wildman–Crippen MR) is 139 cm³/mol. The van der Waals surface area contributed by atoms with E-state index in [-0.39, 0.29) is 18.2 Å². The standard InChI is InChI=1S/C25H36BClN4O4/c1-15-12-30(22(32)33-23(3,4)5)13-16(2)31(15)21-17-10-19(27)18(11-20(17)28-14-29-21)26-34-24(6,7)25(8,9)35-26/h10-11,14-16H,12-13H2,1-9H3/t15-,16-/m0/s1. The zero-order valence-electron chi connectivity index (χ0n) is 22.2. The minimum absolute atomic E-state index is 0.0194. The Morgan fingerprint density at radius 1 is 1.09 bits per heavy atom. The molecular formula is C25H36BClN4O4. The lowest BCUT2D eigenvalue weighted by atomic mass is 9.78. The molecular weight excluding hydrogens is 467 g/mol. The number of ether oxygens (including phenoxy) is 1. The van der Waals surface area contributed by atoms with E-state index in [0.29, 0.717) is 18.1 Å². The highest BCUT2D eigenvalue weighted by atomic mass is 35.5. The molecule has 1 aromatic carbocycles. The molecule has 8 nitrogen and oxygen atoms in total. The summed E-state index contributed by atoms with van der Waals surface area (Å²) in [4.78, 5) is 25.8. The molecule has 2 aliphatic heterocycles. The van der Waals surface area contributed by atoms with Gasteiger partial charge in [0.15, 0.2) is 0 Å². The van der Waals surface area contributed by atoms with Crippen LogP contribution in [0, 0.1) is 0 Å². The molecule has 3 heterocycles. The SMILES string of the molecule is C[C@H]1CN(C(=O)OC(C)(C)C)C[C@H](C)N1c1ncnc2cc(B3OC(C)(C)C(C)(C)O3)c(Cl)cc12. The van der Waals surface area contributed by atoms with E-state index in [0.717, 1.165) is 22.2 Å². The Labute approximate surface area is 213 Å². The van der Waals surface area contributed by atoms with Crippen LogP contribution in [-0.2, 0) is 14.0 Å². The van der Waals surface area contributed by atoms with Gasteiger partial charge in [0.2, 0.25) is 0 Å². The highest BCUT2D eigenvalue weighted by Crippen LogP contribution is 2.38. The molecule has 1 amide bonds. The first-order valence-electron chi connectivity index (χ1n) is 12.2. The van der Waals surface area contributed by atoms with E-state index in [1.54, 1.807) is 11.2 Å². The summed E-state index contributed by atoms with van der Waals surface area (Å²) in [5.74, 6) is 0.793. The number of hydrogen-bond donors (Lipinski definition) is 0. The number of rotatable bonds is 2. The lowest BCUT2D eigenvalue weighted by Gasteiger charge is -2.45. The van der Waals surface area contributed by atoms with Gasteiger partial charge in [-0.1, -0.05) is 11.6 Å². The Morgan fingerprint density at radius 3 is 2.20 bits per heavy atom. The fourth-order valence-corrected chi connectivity index (χ4v) is 4.90. The van der Waals surface area contributed by atoms with Crippen molar-refractivity contribution in [1.82, 2.24) is 14.9 Å². The minimum atomic E-state index is -0.578. The molecule has 1 aromatic heterocycles. The van der Waals surface area contributed by atoms with Crippen molar-refractivity contribution in [3.05, 3.63) is 23.5 Å². The monoisotopic (exact) mass is 502 g/mol. The molecule has 2 aliphatic rings. The van der Waals surface area contributed by atoms with Gasteiger partial charge >= 0.3 is 13.2 Å². The molecule has 0 unspecified atom stereocenters. The van der Waals surface area contributed by atoms with Crippen LogP contribution in [-0.4, -0.2) is 70.1 Å². The maximum absolute atomic E-state index is 12.7. The molecule has 0 N–H and O–H groups in total. The van der Waals surface area contributed by atoms with Crippen LogP contribution in [0.1, 0.15) is 62.3 Å². The van der Waals surface area contributed by atoms with E-state index >= 15 is 0 Å². The number of benzene rings is 1. The number of fused-ring (bicyclic) bond motifs is 1. The Bertz CT molecular complexity index is 1110. The van der Waals surface area contributed by atoms with Gasteiger partial charge in [0.1, 0.15) is 17.7 Å². The largest absolute Gasteiger partial charge is 0.496 e.